The molecule has 1 fully saturated rings. The molecule has 2 nitrogen and oxygen atoms in total. The van der Waals surface area contributed by atoms with E-state index in [9.17, 15) is 0 Å². The van der Waals surface area contributed by atoms with E-state index in [1.807, 2.05) is 0 Å². The molecule has 1 aromatic carbocycles. The first kappa shape index (κ1) is 15.0. The lowest BCUT2D eigenvalue weighted by atomic mass is 9.99. The Labute approximate surface area is 125 Å². The zero-order chi connectivity index (χ0) is 13.5. The van der Waals surface area contributed by atoms with E-state index in [0.717, 1.165) is 24.0 Å². The molecular weight excluding hydrogens is 302 g/mol. The van der Waals surface area contributed by atoms with Crippen LogP contribution in [-0.4, -0.2) is 25.3 Å². The Bertz CT molecular complexity index is 360. The molecular formula is C16H24BrNO. The van der Waals surface area contributed by atoms with Crippen LogP contribution in [0.3, 0.4) is 0 Å². The van der Waals surface area contributed by atoms with Crippen LogP contribution in [0.5, 0.6) is 0 Å². The number of likely N-dealkylation sites (N-methyl/N-ethyl adjacent to an activating group) is 1. The van der Waals surface area contributed by atoms with Gasteiger partial charge in [-0.25, -0.2) is 0 Å². The number of rotatable bonds is 7. The van der Waals surface area contributed by atoms with Crippen molar-refractivity contribution in [2.24, 2.45) is 0 Å². The third kappa shape index (κ3) is 5.25. The standard InChI is InChI=1S/C16H24BrNO/c1-2-18-15(9-10-16-4-3-11-19-16)12-13-5-7-14(17)8-6-13/h5-8,15-16,18H,2-4,9-12H2,1H3. The van der Waals surface area contributed by atoms with Gasteiger partial charge in [0.15, 0.2) is 0 Å². The molecule has 1 aliphatic heterocycles. The van der Waals surface area contributed by atoms with Gasteiger partial charge in [0, 0.05) is 17.1 Å². The molecule has 2 atom stereocenters. The van der Waals surface area contributed by atoms with Gasteiger partial charge in [-0.2, -0.15) is 0 Å². The molecule has 19 heavy (non-hydrogen) atoms. The second-order valence-electron chi connectivity index (χ2n) is 5.30. The second-order valence-corrected chi connectivity index (χ2v) is 6.21. The van der Waals surface area contributed by atoms with Crippen LogP contribution in [0.25, 0.3) is 0 Å². The highest BCUT2D eigenvalue weighted by Crippen LogP contribution is 2.19. The fourth-order valence-electron chi connectivity index (χ4n) is 2.73. The van der Waals surface area contributed by atoms with Gasteiger partial charge >= 0.3 is 0 Å². The van der Waals surface area contributed by atoms with Crippen LogP contribution in [0.15, 0.2) is 28.7 Å². The number of ether oxygens (including phenoxy) is 1. The molecule has 1 saturated heterocycles. The highest BCUT2D eigenvalue weighted by atomic mass is 79.9. The number of hydrogen-bond acceptors (Lipinski definition) is 2. The van der Waals surface area contributed by atoms with Gasteiger partial charge in [-0.05, 0) is 56.3 Å². The second kappa shape index (κ2) is 8.03. The highest BCUT2D eigenvalue weighted by Gasteiger charge is 2.17. The minimum Gasteiger partial charge on any atom is -0.378 e. The summed E-state index contributed by atoms with van der Waals surface area (Å²) < 4.78 is 6.86. The molecule has 0 amide bonds. The number of nitrogens with one attached hydrogen (secondary N) is 1. The first-order valence-electron chi connectivity index (χ1n) is 7.37. The fourth-order valence-corrected chi connectivity index (χ4v) is 2.99. The molecule has 106 valence electrons. The lowest BCUT2D eigenvalue weighted by Crippen LogP contribution is -2.31. The maximum absolute atomic E-state index is 5.71. The van der Waals surface area contributed by atoms with Crippen molar-refractivity contribution in [3.8, 4) is 0 Å². The summed E-state index contributed by atoms with van der Waals surface area (Å²) in [5.74, 6) is 0. The molecule has 2 rings (SSSR count). The van der Waals surface area contributed by atoms with E-state index >= 15 is 0 Å². The normalized spacial score (nSPS) is 20.6. The summed E-state index contributed by atoms with van der Waals surface area (Å²) in [5.41, 5.74) is 1.40. The summed E-state index contributed by atoms with van der Waals surface area (Å²) in [4.78, 5) is 0. The summed E-state index contributed by atoms with van der Waals surface area (Å²) in [6.07, 6.45) is 6.49. The van der Waals surface area contributed by atoms with Crippen LogP contribution in [0, 0.1) is 0 Å². The van der Waals surface area contributed by atoms with Crippen molar-refractivity contribution >= 4 is 15.9 Å². The largest absolute Gasteiger partial charge is 0.378 e. The third-order valence-corrected chi connectivity index (χ3v) is 4.28. The zero-order valence-electron chi connectivity index (χ0n) is 11.7. The van der Waals surface area contributed by atoms with Crippen molar-refractivity contribution in [1.29, 1.82) is 0 Å². The van der Waals surface area contributed by atoms with Crippen LogP contribution in [0.4, 0.5) is 0 Å². The Morgan fingerprint density at radius 3 is 2.79 bits per heavy atom. The van der Waals surface area contributed by atoms with Crippen LogP contribution >= 0.6 is 15.9 Å². The molecule has 0 saturated carbocycles. The molecule has 3 heteroatoms. The molecule has 1 aromatic rings. The van der Waals surface area contributed by atoms with Gasteiger partial charge in [-0.3, -0.25) is 0 Å². The highest BCUT2D eigenvalue weighted by molar-refractivity contribution is 9.10. The molecule has 0 bridgehead atoms. The van der Waals surface area contributed by atoms with Crippen molar-refractivity contribution in [3.63, 3.8) is 0 Å². The molecule has 0 aromatic heterocycles. The molecule has 1 N–H and O–H groups in total. The zero-order valence-corrected chi connectivity index (χ0v) is 13.3. The summed E-state index contributed by atoms with van der Waals surface area (Å²) in [5, 5.41) is 3.60. The van der Waals surface area contributed by atoms with E-state index in [0.29, 0.717) is 12.1 Å². The van der Waals surface area contributed by atoms with Gasteiger partial charge in [0.05, 0.1) is 6.10 Å². The van der Waals surface area contributed by atoms with Gasteiger partial charge in [-0.1, -0.05) is 35.0 Å². The topological polar surface area (TPSA) is 21.3 Å². The fraction of sp³-hybridized carbons (Fsp3) is 0.625. The molecule has 1 aliphatic rings. The lowest BCUT2D eigenvalue weighted by molar-refractivity contribution is 0.0996. The number of benzene rings is 1. The van der Waals surface area contributed by atoms with E-state index in [1.54, 1.807) is 0 Å². The average Bonchev–Trinajstić information content (AvgIpc) is 2.92. The van der Waals surface area contributed by atoms with Crippen LogP contribution < -0.4 is 5.32 Å². The van der Waals surface area contributed by atoms with E-state index in [-0.39, 0.29) is 0 Å². The number of halogens is 1. The van der Waals surface area contributed by atoms with E-state index < -0.39 is 0 Å². The van der Waals surface area contributed by atoms with E-state index in [4.69, 9.17) is 4.74 Å². The number of hydrogen-bond donors (Lipinski definition) is 1. The summed E-state index contributed by atoms with van der Waals surface area (Å²) >= 11 is 3.49. The quantitative estimate of drug-likeness (QED) is 0.820. The molecule has 0 aliphatic carbocycles. The summed E-state index contributed by atoms with van der Waals surface area (Å²) in [7, 11) is 0. The van der Waals surface area contributed by atoms with Crippen molar-refractivity contribution in [1.82, 2.24) is 5.32 Å². The predicted molar refractivity (Wildman–Crippen MR) is 83.5 cm³/mol. The molecule has 1 heterocycles. The molecule has 2 unspecified atom stereocenters. The molecule has 0 radical (unpaired) electrons. The Morgan fingerprint density at radius 1 is 1.37 bits per heavy atom. The van der Waals surface area contributed by atoms with E-state index in [1.165, 1.54) is 31.2 Å². The van der Waals surface area contributed by atoms with Gasteiger partial charge in [0.2, 0.25) is 0 Å². The maximum Gasteiger partial charge on any atom is 0.0576 e. The van der Waals surface area contributed by atoms with Crippen LogP contribution in [0.2, 0.25) is 0 Å². The summed E-state index contributed by atoms with van der Waals surface area (Å²) in [6, 6.07) is 9.23. The Kier molecular flexibility index (Phi) is 6.35. The maximum atomic E-state index is 5.71. The third-order valence-electron chi connectivity index (χ3n) is 3.75. The van der Waals surface area contributed by atoms with Crippen LogP contribution in [0.1, 0.15) is 38.2 Å². The average molecular weight is 326 g/mol. The van der Waals surface area contributed by atoms with Gasteiger partial charge in [0.25, 0.3) is 0 Å². The van der Waals surface area contributed by atoms with Crippen molar-refractivity contribution in [2.45, 2.75) is 51.2 Å². The van der Waals surface area contributed by atoms with Gasteiger partial charge in [0.1, 0.15) is 0 Å². The van der Waals surface area contributed by atoms with Crippen molar-refractivity contribution in [3.05, 3.63) is 34.3 Å². The Hall–Kier alpha value is -0.380. The lowest BCUT2D eigenvalue weighted by Gasteiger charge is -2.20. The van der Waals surface area contributed by atoms with Crippen molar-refractivity contribution < 1.29 is 4.74 Å². The first-order valence-corrected chi connectivity index (χ1v) is 8.16. The van der Waals surface area contributed by atoms with Gasteiger partial charge in [-0.15, -0.1) is 0 Å². The summed E-state index contributed by atoms with van der Waals surface area (Å²) in [6.45, 7) is 4.18. The first-order chi connectivity index (χ1) is 9.28. The Morgan fingerprint density at radius 2 is 2.16 bits per heavy atom. The Balaban J connectivity index is 1.82. The van der Waals surface area contributed by atoms with Gasteiger partial charge < -0.3 is 10.1 Å². The van der Waals surface area contributed by atoms with Crippen molar-refractivity contribution in [2.75, 3.05) is 13.2 Å². The SMILES string of the molecule is CCNC(CCC1CCCO1)Cc1ccc(Br)cc1. The smallest absolute Gasteiger partial charge is 0.0576 e. The minimum absolute atomic E-state index is 0.506. The van der Waals surface area contributed by atoms with Crippen LogP contribution in [-0.2, 0) is 11.2 Å². The van der Waals surface area contributed by atoms with E-state index in [2.05, 4.69) is 52.4 Å². The molecule has 0 spiro atoms. The minimum atomic E-state index is 0.506. The monoisotopic (exact) mass is 325 g/mol. The predicted octanol–water partition coefficient (Wildman–Crippen LogP) is 3.93.